The van der Waals surface area contributed by atoms with Gasteiger partial charge in [0.15, 0.2) is 11.6 Å². The number of nitrogens with zero attached hydrogens (tertiary/aromatic N) is 3. The standard InChI is InChI=1S/C15H14FN3/c16-13-14(10-5-6-10)17-9-18-15(13)19-7-11-3-1-2-4-12(11)8-19/h1-4,9-10H,5-8H2. The lowest BCUT2D eigenvalue weighted by molar-refractivity contribution is 0.583. The van der Waals surface area contributed by atoms with Crippen molar-refractivity contribution in [3.63, 3.8) is 0 Å². The van der Waals surface area contributed by atoms with Crippen LogP contribution in [0.1, 0.15) is 35.6 Å². The minimum Gasteiger partial charge on any atom is -0.345 e. The van der Waals surface area contributed by atoms with Crippen LogP contribution in [0, 0.1) is 5.82 Å². The summed E-state index contributed by atoms with van der Waals surface area (Å²) in [4.78, 5) is 10.3. The first-order valence-corrected chi connectivity index (χ1v) is 6.65. The lowest BCUT2D eigenvalue weighted by Gasteiger charge is -2.17. The van der Waals surface area contributed by atoms with Crippen LogP contribution in [0.2, 0.25) is 0 Å². The van der Waals surface area contributed by atoms with Gasteiger partial charge in [-0.3, -0.25) is 0 Å². The second kappa shape index (κ2) is 4.02. The van der Waals surface area contributed by atoms with Gasteiger partial charge in [-0.1, -0.05) is 24.3 Å². The normalized spacial score (nSPS) is 17.6. The Labute approximate surface area is 111 Å². The summed E-state index contributed by atoms with van der Waals surface area (Å²) >= 11 is 0. The molecule has 1 fully saturated rings. The first-order chi connectivity index (χ1) is 9.33. The van der Waals surface area contributed by atoms with Crippen LogP contribution < -0.4 is 4.90 Å². The molecule has 1 aromatic carbocycles. The minimum absolute atomic E-state index is 0.224. The van der Waals surface area contributed by atoms with Gasteiger partial charge in [-0.05, 0) is 24.0 Å². The van der Waals surface area contributed by atoms with Crippen molar-refractivity contribution < 1.29 is 4.39 Å². The van der Waals surface area contributed by atoms with Crippen LogP contribution in [-0.4, -0.2) is 9.97 Å². The predicted molar refractivity (Wildman–Crippen MR) is 70.3 cm³/mol. The summed E-state index contributed by atoms with van der Waals surface area (Å²) < 4.78 is 14.5. The van der Waals surface area contributed by atoms with Crippen LogP contribution in [0.5, 0.6) is 0 Å². The van der Waals surface area contributed by atoms with E-state index >= 15 is 0 Å². The molecule has 1 aliphatic heterocycles. The van der Waals surface area contributed by atoms with E-state index < -0.39 is 0 Å². The maximum Gasteiger partial charge on any atom is 0.187 e. The summed E-state index contributed by atoms with van der Waals surface area (Å²) in [6.45, 7) is 1.46. The van der Waals surface area contributed by atoms with E-state index in [2.05, 4.69) is 22.1 Å². The van der Waals surface area contributed by atoms with Crippen LogP contribution in [-0.2, 0) is 13.1 Å². The number of hydrogen-bond acceptors (Lipinski definition) is 3. The zero-order valence-electron chi connectivity index (χ0n) is 10.5. The lowest BCUT2D eigenvalue weighted by atomic mass is 10.1. The van der Waals surface area contributed by atoms with E-state index in [0.717, 1.165) is 25.9 Å². The van der Waals surface area contributed by atoms with Gasteiger partial charge in [0.1, 0.15) is 6.33 Å². The van der Waals surface area contributed by atoms with Gasteiger partial charge < -0.3 is 4.90 Å². The summed E-state index contributed by atoms with van der Waals surface area (Å²) in [5.41, 5.74) is 3.11. The van der Waals surface area contributed by atoms with Crippen LogP contribution in [0.25, 0.3) is 0 Å². The van der Waals surface area contributed by atoms with Crippen LogP contribution in [0.4, 0.5) is 10.2 Å². The fourth-order valence-corrected chi connectivity index (χ4v) is 2.72. The molecule has 0 N–H and O–H groups in total. The fraction of sp³-hybridized carbons (Fsp3) is 0.333. The first-order valence-electron chi connectivity index (χ1n) is 6.65. The van der Waals surface area contributed by atoms with Crippen molar-refractivity contribution in [3.05, 3.63) is 53.2 Å². The highest BCUT2D eigenvalue weighted by atomic mass is 19.1. The van der Waals surface area contributed by atoms with Gasteiger partial charge in [-0.15, -0.1) is 0 Å². The molecule has 3 nitrogen and oxygen atoms in total. The number of aromatic nitrogens is 2. The van der Waals surface area contributed by atoms with E-state index in [4.69, 9.17) is 0 Å². The third kappa shape index (κ3) is 1.79. The SMILES string of the molecule is Fc1c(C2CC2)ncnc1N1Cc2ccccc2C1. The van der Waals surface area contributed by atoms with E-state index in [-0.39, 0.29) is 5.82 Å². The molecule has 0 saturated heterocycles. The molecule has 0 bridgehead atoms. The molecule has 4 rings (SSSR count). The van der Waals surface area contributed by atoms with Crippen LogP contribution >= 0.6 is 0 Å². The van der Waals surface area contributed by atoms with E-state index in [1.54, 1.807) is 0 Å². The third-order valence-electron chi connectivity index (χ3n) is 3.90. The summed E-state index contributed by atoms with van der Waals surface area (Å²) in [6.07, 6.45) is 3.59. The zero-order valence-corrected chi connectivity index (χ0v) is 10.5. The van der Waals surface area contributed by atoms with Gasteiger partial charge in [0.25, 0.3) is 0 Å². The van der Waals surface area contributed by atoms with Crippen molar-refractivity contribution in [1.82, 2.24) is 9.97 Å². The summed E-state index contributed by atoms with van der Waals surface area (Å²) in [6, 6.07) is 8.23. The van der Waals surface area contributed by atoms with E-state index in [1.807, 2.05) is 17.0 Å². The Morgan fingerprint density at radius 2 is 1.74 bits per heavy atom. The highest BCUT2D eigenvalue weighted by Gasteiger charge is 2.31. The molecule has 0 radical (unpaired) electrons. The number of rotatable bonds is 2. The Hall–Kier alpha value is -1.97. The minimum atomic E-state index is -0.224. The first kappa shape index (κ1) is 10.9. The Morgan fingerprint density at radius 3 is 2.37 bits per heavy atom. The third-order valence-corrected chi connectivity index (χ3v) is 3.90. The fourth-order valence-electron chi connectivity index (χ4n) is 2.72. The van der Waals surface area contributed by atoms with Crippen LogP contribution in [0.3, 0.4) is 0 Å². The molecule has 1 aromatic heterocycles. The van der Waals surface area contributed by atoms with Crippen molar-refractivity contribution in [2.24, 2.45) is 0 Å². The monoisotopic (exact) mass is 255 g/mol. The smallest absolute Gasteiger partial charge is 0.187 e. The van der Waals surface area contributed by atoms with Gasteiger partial charge in [-0.25, -0.2) is 14.4 Å². The van der Waals surface area contributed by atoms with Crippen molar-refractivity contribution in [2.45, 2.75) is 31.8 Å². The second-order valence-corrected chi connectivity index (χ2v) is 5.30. The molecule has 2 heterocycles. The topological polar surface area (TPSA) is 29.0 Å². The number of benzene rings is 1. The molecular formula is C15H14FN3. The van der Waals surface area contributed by atoms with Crippen molar-refractivity contribution in [2.75, 3.05) is 4.90 Å². The molecule has 4 heteroatoms. The van der Waals surface area contributed by atoms with E-state index in [0.29, 0.717) is 17.4 Å². The summed E-state index contributed by atoms with van der Waals surface area (Å²) in [7, 11) is 0. The Kier molecular flexibility index (Phi) is 2.31. The Morgan fingerprint density at radius 1 is 1.05 bits per heavy atom. The summed E-state index contributed by atoms with van der Waals surface area (Å²) in [5, 5.41) is 0. The highest BCUT2D eigenvalue weighted by Crippen LogP contribution is 2.41. The predicted octanol–water partition coefficient (Wildman–Crippen LogP) is 3.01. The molecule has 2 aromatic rings. The molecule has 0 atom stereocenters. The highest BCUT2D eigenvalue weighted by molar-refractivity contribution is 5.49. The van der Waals surface area contributed by atoms with Gasteiger partial charge in [0.05, 0.1) is 5.69 Å². The van der Waals surface area contributed by atoms with Gasteiger partial charge in [0, 0.05) is 19.0 Å². The molecule has 19 heavy (non-hydrogen) atoms. The van der Waals surface area contributed by atoms with Crippen molar-refractivity contribution >= 4 is 5.82 Å². The number of anilines is 1. The Balaban J connectivity index is 1.69. The number of fused-ring (bicyclic) bond motifs is 1. The molecule has 96 valence electrons. The average Bonchev–Trinajstić information content (AvgIpc) is 3.17. The quantitative estimate of drug-likeness (QED) is 0.826. The molecular weight excluding hydrogens is 241 g/mol. The molecule has 1 aliphatic carbocycles. The van der Waals surface area contributed by atoms with Crippen LogP contribution in [0.15, 0.2) is 30.6 Å². The molecule has 1 saturated carbocycles. The van der Waals surface area contributed by atoms with Gasteiger partial charge in [0.2, 0.25) is 0 Å². The van der Waals surface area contributed by atoms with E-state index in [1.165, 1.54) is 17.5 Å². The Bertz CT molecular complexity index is 612. The number of hydrogen-bond donors (Lipinski definition) is 0. The largest absolute Gasteiger partial charge is 0.345 e. The van der Waals surface area contributed by atoms with Gasteiger partial charge in [-0.2, -0.15) is 0 Å². The average molecular weight is 255 g/mol. The molecule has 2 aliphatic rings. The molecule has 0 spiro atoms. The van der Waals surface area contributed by atoms with Crippen molar-refractivity contribution in [1.29, 1.82) is 0 Å². The second-order valence-electron chi connectivity index (χ2n) is 5.30. The molecule has 0 unspecified atom stereocenters. The zero-order chi connectivity index (χ0) is 12.8. The number of halogens is 1. The maximum absolute atomic E-state index is 14.5. The van der Waals surface area contributed by atoms with Crippen molar-refractivity contribution in [3.8, 4) is 0 Å². The maximum atomic E-state index is 14.5. The lowest BCUT2D eigenvalue weighted by Crippen LogP contribution is -2.18. The summed E-state index contributed by atoms with van der Waals surface area (Å²) in [5.74, 6) is 0.539. The van der Waals surface area contributed by atoms with E-state index in [9.17, 15) is 4.39 Å². The van der Waals surface area contributed by atoms with Gasteiger partial charge >= 0.3 is 0 Å². The molecule has 0 amide bonds.